The van der Waals surface area contributed by atoms with Crippen molar-refractivity contribution in [2.45, 2.75) is 0 Å². The molecule has 0 unspecified atom stereocenters. The van der Waals surface area contributed by atoms with Gasteiger partial charge in [-0.05, 0) is 24.3 Å². The molecular weight excluding hydrogens is 340 g/mol. The lowest BCUT2D eigenvalue weighted by Gasteiger charge is -2.28. The average molecular weight is 363 g/mol. The van der Waals surface area contributed by atoms with Gasteiger partial charge in [0, 0.05) is 44.0 Å². The molecule has 2 aromatic rings. The molecule has 3 heterocycles. The molecule has 1 aliphatic heterocycles. The van der Waals surface area contributed by atoms with Gasteiger partial charge in [-0.1, -0.05) is 0 Å². The first-order chi connectivity index (χ1) is 13.2. The van der Waals surface area contributed by atoms with E-state index in [-0.39, 0.29) is 0 Å². The summed E-state index contributed by atoms with van der Waals surface area (Å²) in [7, 11) is 1.91. The summed E-state index contributed by atoms with van der Waals surface area (Å²) in [5.41, 5.74) is 8.02. The predicted octanol–water partition coefficient (Wildman–Crippen LogP) is 0.120. The highest BCUT2D eigenvalue weighted by molar-refractivity contribution is 5.92. The van der Waals surface area contributed by atoms with Gasteiger partial charge in [0.05, 0.1) is 30.6 Å². The molecule has 138 valence electrons. The molecule has 3 rings (SSSR count). The van der Waals surface area contributed by atoms with E-state index >= 15 is 0 Å². The maximum atomic E-state index is 9.42. The standard InChI is InChI=1S/C19H22N8/c1-22-4-3-17(21)26-18-12-15(2-5-24-18)16-10-14(13-20)11-19(25-16)27-8-6-23-7-9-27/h2-5,10-12,22-23H,6-9H2,1H3,(H2,21,24,26)/p+1. The third-order valence-electron chi connectivity index (χ3n) is 4.13. The molecule has 1 saturated heterocycles. The minimum Gasteiger partial charge on any atom is -0.383 e. The van der Waals surface area contributed by atoms with Crippen molar-refractivity contribution < 1.29 is 5.32 Å². The van der Waals surface area contributed by atoms with Crippen LogP contribution in [0.25, 0.3) is 11.3 Å². The highest BCUT2D eigenvalue weighted by atomic mass is 15.2. The number of hydrogen-bond acceptors (Lipinski definition) is 6. The van der Waals surface area contributed by atoms with E-state index in [1.54, 1.807) is 18.3 Å². The van der Waals surface area contributed by atoms with E-state index in [0.717, 1.165) is 43.3 Å². The Kier molecular flexibility index (Phi) is 6.10. The molecule has 0 atom stereocenters. The van der Waals surface area contributed by atoms with Crippen LogP contribution in [-0.4, -0.2) is 49.0 Å². The molecule has 8 heteroatoms. The number of pyridine rings is 2. The van der Waals surface area contributed by atoms with Crippen LogP contribution in [0.4, 0.5) is 11.6 Å². The molecule has 27 heavy (non-hydrogen) atoms. The fourth-order valence-corrected chi connectivity index (χ4v) is 2.79. The third-order valence-corrected chi connectivity index (χ3v) is 4.13. The third kappa shape index (κ3) is 4.88. The van der Waals surface area contributed by atoms with Gasteiger partial charge in [0.1, 0.15) is 11.7 Å². The van der Waals surface area contributed by atoms with Crippen molar-refractivity contribution in [3.05, 3.63) is 48.3 Å². The van der Waals surface area contributed by atoms with E-state index < -0.39 is 0 Å². The Labute approximate surface area is 158 Å². The second kappa shape index (κ2) is 8.89. The molecule has 0 radical (unpaired) electrons. The number of hydrogen-bond donors (Lipinski definition) is 3. The number of rotatable bonds is 5. The normalized spacial score (nSPS) is 15.1. The Morgan fingerprint density at radius 1 is 1.37 bits per heavy atom. The van der Waals surface area contributed by atoms with Crippen molar-refractivity contribution >= 4 is 17.5 Å². The maximum absolute atomic E-state index is 9.42. The smallest absolute Gasteiger partial charge is 0.154 e. The van der Waals surface area contributed by atoms with Gasteiger partial charge in [-0.2, -0.15) is 5.26 Å². The second-order valence-corrected chi connectivity index (χ2v) is 6.08. The lowest BCUT2D eigenvalue weighted by atomic mass is 10.1. The fourth-order valence-electron chi connectivity index (χ4n) is 2.79. The first-order valence-electron chi connectivity index (χ1n) is 8.84. The van der Waals surface area contributed by atoms with Crippen molar-refractivity contribution in [3.8, 4) is 17.3 Å². The Morgan fingerprint density at radius 3 is 2.93 bits per heavy atom. The number of quaternary nitrogens is 1. The number of aliphatic imine (C=N–C) groups is 1. The molecule has 5 N–H and O–H groups in total. The Bertz CT molecular complexity index is 891. The van der Waals surface area contributed by atoms with E-state index in [4.69, 9.17) is 10.7 Å². The molecule has 0 spiro atoms. The number of nitrogens with two attached hydrogens (primary N) is 2. The average Bonchev–Trinajstić information content (AvgIpc) is 2.72. The highest BCUT2D eigenvalue weighted by Crippen LogP contribution is 2.25. The number of nitriles is 1. The zero-order chi connectivity index (χ0) is 19.1. The zero-order valence-corrected chi connectivity index (χ0v) is 15.3. The number of anilines is 1. The lowest BCUT2D eigenvalue weighted by Crippen LogP contribution is -2.72. The van der Waals surface area contributed by atoms with E-state index in [0.29, 0.717) is 17.2 Å². The van der Waals surface area contributed by atoms with Gasteiger partial charge in [-0.3, -0.25) is 0 Å². The van der Waals surface area contributed by atoms with Crippen LogP contribution in [0.2, 0.25) is 0 Å². The molecule has 0 aromatic carbocycles. The van der Waals surface area contributed by atoms with Gasteiger partial charge >= 0.3 is 0 Å². The molecule has 0 aliphatic carbocycles. The summed E-state index contributed by atoms with van der Waals surface area (Å²) in [5, 5.41) is 14.6. The molecule has 8 nitrogen and oxygen atoms in total. The maximum Gasteiger partial charge on any atom is 0.154 e. The number of aromatic nitrogens is 2. The van der Waals surface area contributed by atoms with Gasteiger partial charge in [-0.15, -0.1) is 0 Å². The van der Waals surface area contributed by atoms with Crippen molar-refractivity contribution in [2.75, 3.05) is 38.1 Å². The van der Waals surface area contributed by atoms with Crippen molar-refractivity contribution in [2.24, 2.45) is 10.7 Å². The zero-order valence-electron chi connectivity index (χ0n) is 15.3. The van der Waals surface area contributed by atoms with Gasteiger partial charge in [0.15, 0.2) is 5.82 Å². The minimum absolute atomic E-state index is 0.373. The first kappa shape index (κ1) is 18.5. The second-order valence-electron chi connectivity index (χ2n) is 6.08. The monoisotopic (exact) mass is 363 g/mol. The van der Waals surface area contributed by atoms with E-state index in [9.17, 15) is 5.26 Å². The number of nitrogens with one attached hydrogen (secondary N) is 1. The van der Waals surface area contributed by atoms with Crippen LogP contribution >= 0.6 is 0 Å². The molecule has 0 saturated carbocycles. The summed E-state index contributed by atoms with van der Waals surface area (Å²) in [6.07, 6.45) is 5.20. The van der Waals surface area contributed by atoms with E-state index in [2.05, 4.69) is 26.3 Å². The largest absolute Gasteiger partial charge is 0.383 e. The summed E-state index contributed by atoms with van der Waals surface area (Å²) >= 11 is 0. The van der Waals surface area contributed by atoms with Crippen LogP contribution in [0.3, 0.4) is 0 Å². The molecule has 0 amide bonds. The van der Waals surface area contributed by atoms with Crippen LogP contribution in [0.5, 0.6) is 0 Å². The summed E-state index contributed by atoms with van der Waals surface area (Å²) in [5.74, 6) is 1.69. The predicted molar refractivity (Wildman–Crippen MR) is 106 cm³/mol. The molecular formula is C19H23N8+. The SMILES string of the molecule is C[NH2+]C=CC(N)=Nc1cc(-c2cc(C#N)cc(N3CCNCC3)n2)ccn1. The van der Waals surface area contributed by atoms with Gasteiger partial charge < -0.3 is 21.3 Å². The Balaban J connectivity index is 1.95. The van der Waals surface area contributed by atoms with Gasteiger partial charge in [-0.25, -0.2) is 15.0 Å². The van der Waals surface area contributed by atoms with Crippen LogP contribution < -0.4 is 21.3 Å². The van der Waals surface area contributed by atoms with Gasteiger partial charge in [0.25, 0.3) is 0 Å². The summed E-state index contributed by atoms with van der Waals surface area (Å²) in [6, 6.07) is 9.52. The van der Waals surface area contributed by atoms with Crippen molar-refractivity contribution in [1.82, 2.24) is 15.3 Å². The van der Waals surface area contributed by atoms with Crippen LogP contribution in [-0.2, 0) is 0 Å². The molecule has 1 fully saturated rings. The summed E-state index contributed by atoms with van der Waals surface area (Å²) in [4.78, 5) is 15.5. The molecule has 0 bridgehead atoms. The van der Waals surface area contributed by atoms with Crippen LogP contribution in [0.1, 0.15) is 5.56 Å². The number of amidine groups is 1. The quantitative estimate of drug-likeness (QED) is 0.513. The molecule has 2 aromatic heterocycles. The molecule has 1 aliphatic rings. The van der Waals surface area contributed by atoms with Crippen LogP contribution in [0, 0.1) is 11.3 Å². The summed E-state index contributed by atoms with van der Waals surface area (Å²) < 4.78 is 0. The topological polar surface area (TPSA) is 120 Å². The Morgan fingerprint density at radius 2 is 2.19 bits per heavy atom. The fraction of sp³-hybridized carbons (Fsp3) is 0.263. The highest BCUT2D eigenvalue weighted by Gasteiger charge is 2.14. The van der Waals surface area contributed by atoms with Gasteiger partial charge in [0.2, 0.25) is 0 Å². The van der Waals surface area contributed by atoms with Crippen molar-refractivity contribution in [3.63, 3.8) is 0 Å². The first-order valence-corrected chi connectivity index (χ1v) is 8.84. The van der Waals surface area contributed by atoms with Crippen molar-refractivity contribution in [1.29, 1.82) is 5.26 Å². The van der Waals surface area contributed by atoms with Crippen LogP contribution in [0.15, 0.2) is 47.7 Å². The number of piperazine rings is 1. The minimum atomic E-state index is 0.373. The van der Waals surface area contributed by atoms with E-state index in [1.807, 2.05) is 36.8 Å². The summed E-state index contributed by atoms with van der Waals surface area (Å²) in [6.45, 7) is 3.54. The number of nitrogens with zero attached hydrogens (tertiary/aromatic N) is 5. The lowest BCUT2D eigenvalue weighted by molar-refractivity contribution is -0.556. The van der Waals surface area contributed by atoms with E-state index in [1.165, 1.54) is 0 Å². The Hall–Kier alpha value is -3.28.